The predicted molar refractivity (Wildman–Crippen MR) is 153 cm³/mol. The van der Waals surface area contributed by atoms with Crippen LogP contribution in [-0.2, 0) is 9.59 Å². The van der Waals surface area contributed by atoms with Gasteiger partial charge < -0.3 is 28.8 Å². The van der Waals surface area contributed by atoms with E-state index in [0.29, 0.717) is 20.6 Å². The molecule has 2 heterocycles. The molecule has 0 aliphatic carbocycles. The second-order valence-corrected chi connectivity index (χ2v) is 11.2. The number of carbonyl (C=O) groups excluding carboxylic acids is 3. The highest BCUT2D eigenvalue weighted by Crippen LogP contribution is 2.42. The second-order valence-electron chi connectivity index (χ2n) is 8.98. The molecular weight excluding hydrogens is 594 g/mol. The molecule has 0 atom stereocenters. The molecular formula is C29H26F2O9S2. The molecule has 0 radical (unpaired) electrons. The Labute approximate surface area is 246 Å². The van der Waals surface area contributed by atoms with Crippen LogP contribution in [0.15, 0.2) is 24.3 Å². The second kappa shape index (κ2) is 13.7. The molecule has 0 unspecified atom stereocenters. The zero-order valence-electron chi connectivity index (χ0n) is 22.6. The summed E-state index contributed by atoms with van der Waals surface area (Å²) in [5, 5.41) is 9.15. The highest BCUT2D eigenvalue weighted by atomic mass is 32.1. The number of hydrogen-bond acceptors (Lipinski definition) is 10. The van der Waals surface area contributed by atoms with E-state index in [1.807, 2.05) is 0 Å². The highest BCUT2D eigenvalue weighted by Gasteiger charge is 2.22. The first-order valence-electron chi connectivity index (χ1n) is 12.8. The first-order valence-corrected chi connectivity index (χ1v) is 14.4. The van der Waals surface area contributed by atoms with Crippen molar-refractivity contribution in [2.24, 2.45) is 0 Å². The lowest BCUT2D eigenvalue weighted by atomic mass is 10.1. The van der Waals surface area contributed by atoms with E-state index in [4.69, 9.17) is 24.1 Å². The topological polar surface area (TPSA) is 125 Å². The molecule has 2 aromatic carbocycles. The van der Waals surface area contributed by atoms with E-state index < -0.39 is 23.4 Å². The summed E-state index contributed by atoms with van der Waals surface area (Å²) < 4.78 is 53.5. The van der Waals surface area contributed by atoms with E-state index in [1.165, 1.54) is 32.4 Å². The van der Waals surface area contributed by atoms with Gasteiger partial charge in [-0.15, -0.1) is 22.7 Å². The number of ether oxygens (including phenoxy) is 4. The van der Waals surface area contributed by atoms with Gasteiger partial charge in [-0.25, -0.2) is 8.78 Å². The average Bonchev–Trinajstić information content (AvgIpc) is 3.61. The third-order valence-electron chi connectivity index (χ3n) is 6.19. The SMILES string of the molecule is COc1cc2sc(C(=O)CCC=O)cc2c(F)c1OCCCOc1c(OC)cc2sc(C(=O)CCC(=O)O)cc2c1F. The lowest BCUT2D eigenvalue weighted by Crippen LogP contribution is -2.08. The highest BCUT2D eigenvalue weighted by molar-refractivity contribution is 7.21. The first kappa shape index (κ1) is 30.8. The molecule has 13 heteroatoms. The van der Waals surface area contributed by atoms with Crippen molar-refractivity contribution in [1.29, 1.82) is 0 Å². The van der Waals surface area contributed by atoms with Crippen LogP contribution in [0.5, 0.6) is 23.0 Å². The third kappa shape index (κ3) is 6.68. The summed E-state index contributed by atoms with van der Waals surface area (Å²) in [7, 11) is 2.71. The van der Waals surface area contributed by atoms with Crippen LogP contribution in [0.25, 0.3) is 20.2 Å². The van der Waals surface area contributed by atoms with Gasteiger partial charge in [0.15, 0.2) is 46.2 Å². The normalized spacial score (nSPS) is 11.0. The van der Waals surface area contributed by atoms with Crippen LogP contribution in [0.1, 0.15) is 51.4 Å². The molecule has 4 rings (SSSR count). The molecule has 0 amide bonds. The van der Waals surface area contributed by atoms with E-state index in [9.17, 15) is 19.2 Å². The van der Waals surface area contributed by atoms with E-state index in [1.54, 1.807) is 6.07 Å². The Hall–Kier alpha value is -4.10. The van der Waals surface area contributed by atoms with Gasteiger partial charge in [-0.3, -0.25) is 14.4 Å². The Morgan fingerprint density at radius 1 is 0.786 bits per heavy atom. The van der Waals surface area contributed by atoms with Crippen LogP contribution in [-0.4, -0.2) is 56.4 Å². The van der Waals surface area contributed by atoms with Gasteiger partial charge in [0.05, 0.1) is 43.6 Å². The Morgan fingerprint density at radius 2 is 1.26 bits per heavy atom. The summed E-state index contributed by atoms with van der Waals surface area (Å²) in [5.41, 5.74) is 0. The van der Waals surface area contributed by atoms with Crippen molar-refractivity contribution in [2.45, 2.75) is 32.1 Å². The van der Waals surface area contributed by atoms with E-state index >= 15 is 8.78 Å². The number of aliphatic carboxylic acids is 1. The molecule has 0 saturated heterocycles. The fourth-order valence-corrected chi connectivity index (χ4v) is 6.22. The van der Waals surface area contributed by atoms with Crippen molar-refractivity contribution in [1.82, 2.24) is 0 Å². The van der Waals surface area contributed by atoms with Crippen LogP contribution in [0, 0.1) is 11.6 Å². The number of aldehydes is 1. The largest absolute Gasteiger partial charge is 0.493 e. The number of ketones is 2. The number of carboxylic acids is 1. The summed E-state index contributed by atoms with van der Waals surface area (Å²) in [4.78, 5) is 46.5. The van der Waals surface area contributed by atoms with Gasteiger partial charge in [0.25, 0.3) is 0 Å². The van der Waals surface area contributed by atoms with Crippen molar-refractivity contribution in [3.8, 4) is 23.0 Å². The number of thiophene rings is 2. The Morgan fingerprint density at radius 3 is 1.69 bits per heavy atom. The number of rotatable bonds is 16. The van der Waals surface area contributed by atoms with Crippen LogP contribution in [0.4, 0.5) is 8.78 Å². The number of halogens is 2. The maximum atomic E-state index is 15.4. The fourth-order valence-electron chi connectivity index (χ4n) is 4.11. The van der Waals surface area contributed by atoms with Gasteiger partial charge in [-0.1, -0.05) is 0 Å². The smallest absolute Gasteiger partial charge is 0.303 e. The van der Waals surface area contributed by atoms with E-state index in [-0.39, 0.29) is 89.7 Å². The minimum atomic E-state index is -1.10. The Bertz CT molecular complexity index is 1660. The van der Waals surface area contributed by atoms with Gasteiger partial charge >= 0.3 is 5.97 Å². The monoisotopic (exact) mass is 620 g/mol. The number of methoxy groups -OCH3 is 2. The minimum Gasteiger partial charge on any atom is -0.493 e. The van der Waals surface area contributed by atoms with Gasteiger partial charge in [-0.05, 0) is 12.1 Å². The maximum Gasteiger partial charge on any atom is 0.303 e. The van der Waals surface area contributed by atoms with Gasteiger partial charge in [-0.2, -0.15) is 0 Å². The molecule has 0 bridgehead atoms. The van der Waals surface area contributed by atoms with Crippen molar-refractivity contribution >= 4 is 66.7 Å². The zero-order valence-corrected chi connectivity index (χ0v) is 24.3. The molecule has 42 heavy (non-hydrogen) atoms. The number of hydrogen-bond donors (Lipinski definition) is 1. The van der Waals surface area contributed by atoms with Crippen molar-refractivity contribution in [3.05, 3.63) is 45.7 Å². The zero-order chi connectivity index (χ0) is 30.4. The number of benzene rings is 2. The standard InChI is InChI=1S/C29H26F2O9S2/c1-37-19-13-21-15(11-23(41-21)17(33)5-3-8-32)26(30)28(19)39-9-4-10-40-29-20(38-2)14-22-16(27(29)31)12-24(42-22)18(34)6-7-25(35)36/h8,11-14H,3-7,9-10H2,1-2H3,(H,35,36). The molecule has 0 spiro atoms. The number of Topliss-reactive ketones (excluding diaryl/α,β-unsaturated/α-hetero) is 2. The summed E-state index contributed by atoms with van der Waals surface area (Å²) in [6.07, 6.45) is 0.478. The predicted octanol–water partition coefficient (Wildman–Crippen LogP) is 6.47. The van der Waals surface area contributed by atoms with Gasteiger partial charge in [0.2, 0.25) is 0 Å². The minimum absolute atomic E-state index is 0.0130. The van der Waals surface area contributed by atoms with Crippen LogP contribution >= 0.6 is 22.7 Å². The molecule has 0 saturated carbocycles. The molecule has 0 aliphatic heterocycles. The average molecular weight is 621 g/mol. The number of carbonyl (C=O) groups is 4. The van der Waals surface area contributed by atoms with Gasteiger partial charge in [0.1, 0.15) is 6.29 Å². The first-order chi connectivity index (χ1) is 20.2. The molecule has 222 valence electrons. The molecule has 1 N–H and O–H groups in total. The number of fused-ring (bicyclic) bond motifs is 2. The Kier molecular flexibility index (Phi) is 10.1. The molecule has 0 fully saturated rings. The third-order valence-corrected chi connectivity index (χ3v) is 8.44. The van der Waals surface area contributed by atoms with Crippen LogP contribution < -0.4 is 18.9 Å². The van der Waals surface area contributed by atoms with Crippen LogP contribution in [0.2, 0.25) is 0 Å². The van der Waals surface area contributed by atoms with Crippen molar-refractivity contribution < 1.29 is 52.0 Å². The summed E-state index contributed by atoms with van der Waals surface area (Å²) in [5.74, 6) is -3.24. The summed E-state index contributed by atoms with van der Waals surface area (Å²) in [6, 6.07) is 5.91. The van der Waals surface area contributed by atoms with E-state index in [2.05, 4.69) is 0 Å². The lowest BCUT2D eigenvalue weighted by Gasteiger charge is -2.14. The molecule has 0 aliphatic rings. The van der Waals surface area contributed by atoms with Crippen molar-refractivity contribution in [2.75, 3.05) is 27.4 Å². The quantitative estimate of drug-likeness (QED) is 0.0852. The van der Waals surface area contributed by atoms with E-state index in [0.717, 1.165) is 22.7 Å². The van der Waals surface area contributed by atoms with Crippen LogP contribution in [0.3, 0.4) is 0 Å². The maximum absolute atomic E-state index is 15.4. The number of carboxylic acid groups (broad SMARTS) is 1. The molecule has 9 nitrogen and oxygen atoms in total. The lowest BCUT2D eigenvalue weighted by molar-refractivity contribution is -0.137. The molecule has 2 aromatic heterocycles. The molecule has 4 aromatic rings. The Balaban J connectivity index is 1.44. The fraction of sp³-hybridized carbons (Fsp3) is 0.310. The van der Waals surface area contributed by atoms with Crippen molar-refractivity contribution in [3.63, 3.8) is 0 Å². The van der Waals surface area contributed by atoms with Gasteiger partial charge in [0, 0.05) is 58.0 Å². The summed E-state index contributed by atoms with van der Waals surface area (Å²) >= 11 is 2.13. The summed E-state index contributed by atoms with van der Waals surface area (Å²) in [6.45, 7) is -0.0335.